The van der Waals surface area contributed by atoms with Crippen LogP contribution < -0.4 is 18.9 Å². The van der Waals surface area contributed by atoms with Gasteiger partial charge in [-0.3, -0.25) is 28.8 Å². The summed E-state index contributed by atoms with van der Waals surface area (Å²) in [5.74, 6) is -2.03. The summed E-state index contributed by atoms with van der Waals surface area (Å²) in [6.07, 6.45) is -1.09. The molecule has 5 aromatic carbocycles. The molecule has 5 rings (SSSR count). The fraction of sp³-hybridized carbons (Fsp3) is 0.289. The smallest absolute Gasteiger partial charge is 0.311 e. The first-order valence-electron chi connectivity index (χ1n) is 18.4. The van der Waals surface area contributed by atoms with Crippen molar-refractivity contribution < 1.29 is 57.6 Å². The second-order valence-corrected chi connectivity index (χ2v) is 14.8. The van der Waals surface area contributed by atoms with E-state index in [1.165, 1.54) is 38.1 Å². The highest BCUT2D eigenvalue weighted by molar-refractivity contribution is 6.12. The molecule has 0 saturated carbocycles. The molecule has 5 aromatic rings. The Morgan fingerprint density at radius 2 is 0.860 bits per heavy atom. The number of hydrogen-bond acceptors (Lipinski definition) is 12. The molecule has 57 heavy (non-hydrogen) atoms. The summed E-state index contributed by atoms with van der Waals surface area (Å²) in [7, 11) is 0. The Labute approximate surface area is 329 Å². The minimum atomic E-state index is -1.55. The lowest BCUT2D eigenvalue weighted by atomic mass is 9.86. The number of fused-ring (bicyclic) bond motifs is 2. The lowest BCUT2D eigenvalue weighted by molar-refractivity contribution is -0.147. The average molecular weight is 777 g/mol. The molecule has 0 aromatic heterocycles. The molecule has 0 aliphatic carbocycles. The van der Waals surface area contributed by atoms with Crippen LogP contribution in [0.5, 0.6) is 23.0 Å². The summed E-state index contributed by atoms with van der Waals surface area (Å²) in [5, 5.41) is 11.9. The molecule has 0 unspecified atom stereocenters. The summed E-state index contributed by atoms with van der Waals surface area (Å²) in [6, 6.07) is 26.2. The van der Waals surface area contributed by atoms with Crippen molar-refractivity contribution in [1.29, 1.82) is 0 Å². The quantitative estimate of drug-likeness (QED) is 0.0340. The van der Waals surface area contributed by atoms with Crippen LogP contribution in [0, 0.1) is 5.41 Å². The highest BCUT2D eigenvalue weighted by Crippen LogP contribution is 2.43. The summed E-state index contributed by atoms with van der Waals surface area (Å²) in [5.41, 5.74) is -1.23. The van der Waals surface area contributed by atoms with Crippen molar-refractivity contribution in [2.75, 3.05) is 13.2 Å². The van der Waals surface area contributed by atoms with E-state index in [1.54, 1.807) is 72.8 Å². The Morgan fingerprint density at radius 3 is 1.28 bits per heavy atom. The maximum absolute atomic E-state index is 13.1. The zero-order valence-electron chi connectivity index (χ0n) is 32.4. The summed E-state index contributed by atoms with van der Waals surface area (Å²) in [6.45, 7) is 8.33. The number of ketones is 2. The maximum atomic E-state index is 13.1. The van der Waals surface area contributed by atoms with Crippen LogP contribution in [0.1, 0.15) is 81.0 Å². The fourth-order valence-electron chi connectivity index (χ4n) is 5.74. The van der Waals surface area contributed by atoms with Gasteiger partial charge in [0.05, 0.1) is 25.7 Å². The van der Waals surface area contributed by atoms with Gasteiger partial charge in [0.25, 0.3) is 0 Å². The molecule has 0 heterocycles. The van der Waals surface area contributed by atoms with E-state index in [0.717, 1.165) is 0 Å². The molecule has 0 amide bonds. The van der Waals surface area contributed by atoms with Gasteiger partial charge in [-0.25, -0.2) is 0 Å². The van der Waals surface area contributed by atoms with Gasteiger partial charge in [0, 0.05) is 38.1 Å². The number of rotatable bonds is 16. The third-order valence-corrected chi connectivity index (χ3v) is 8.65. The first kappa shape index (κ1) is 41.8. The van der Waals surface area contributed by atoms with Crippen LogP contribution in [0.2, 0.25) is 0 Å². The second kappa shape index (κ2) is 18.0. The molecule has 1 N–H and O–H groups in total. The van der Waals surface area contributed by atoms with Crippen LogP contribution in [-0.4, -0.2) is 59.4 Å². The van der Waals surface area contributed by atoms with E-state index < -0.39 is 40.7 Å². The SMILES string of the molecule is CC(C)(C)C(=O)c1ccc(OCCOC(=O)CCC(=O)Oc2c3ccccc3c(OC(=O)CCC(=O)Oc3ccc(C(=O)C(C)(C)O)cc3)c3ccccc23)cc1. The van der Waals surface area contributed by atoms with Gasteiger partial charge in [-0.05, 0) is 62.4 Å². The molecule has 12 nitrogen and oxygen atoms in total. The Bertz CT molecular complexity index is 2240. The normalized spacial score (nSPS) is 11.5. The maximum Gasteiger partial charge on any atom is 0.311 e. The molecule has 0 spiro atoms. The van der Waals surface area contributed by atoms with Gasteiger partial charge in [-0.2, -0.15) is 0 Å². The Balaban J connectivity index is 1.15. The van der Waals surface area contributed by atoms with E-state index in [-0.39, 0.29) is 67.5 Å². The zero-order chi connectivity index (χ0) is 41.3. The summed E-state index contributed by atoms with van der Waals surface area (Å²) >= 11 is 0. The predicted octanol–water partition coefficient (Wildman–Crippen LogP) is 7.77. The summed E-state index contributed by atoms with van der Waals surface area (Å²) < 4.78 is 27.8. The third-order valence-electron chi connectivity index (χ3n) is 8.65. The molecule has 0 aliphatic heterocycles. The van der Waals surface area contributed by atoms with Crippen LogP contribution in [0.15, 0.2) is 97.1 Å². The van der Waals surface area contributed by atoms with E-state index in [9.17, 15) is 33.9 Å². The lowest BCUT2D eigenvalue weighted by Crippen LogP contribution is -2.30. The average Bonchev–Trinajstić information content (AvgIpc) is 3.18. The van der Waals surface area contributed by atoms with Gasteiger partial charge in [0.15, 0.2) is 11.6 Å². The molecular weight excluding hydrogens is 732 g/mol. The first-order valence-corrected chi connectivity index (χ1v) is 18.4. The van der Waals surface area contributed by atoms with E-state index in [1.807, 2.05) is 20.8 Å². The highest BCUT2D eigenvalue weighted by Gasteiger charge is 2.26. The predicted molar refractivity (Wildman–Crippen MR) is 211 cm³/mol. The van der Waals surface area contributed by atoms with Gasteiger partial charge < -0.3 is 28.8 Å². The van der Waals surface area contributed by atoms with Crippen molar-refractivity contribution in [3.63, 3.8) is 0 Å². The van der Waals surface area contributed by atoms with Crippen LogP contribution in [0.25, 0.3) is 21.5 Å². The standard InChI is InChI=1S/C45H44O12/c1-44(2,3)42(50)28-14-18-30(19-15-28)53-26-27-54-36(46)22-23-38(48)56-40-32-10-6-8-12-34(32)41(35-13-9-7-11-33(35)40)57-39(49)25-24-37(47)55-31-20-16-29(17-21-31)43(51)45(4,5)52/h6-21,52H,22-27H2,1-5H3. The number of carbonyl (C=O) groups is 6. The van der Waals surface area contributed by atoms with Crippen molar-refractivity contribution in [2.45, 2.75) is 65.9 Å². The molecule has 12 heteroatoms. The Morgan fingerprint density at radius 1 is 0.474 bits per heavy atom. The van der Waals surface area contributed by atoms with Crippen LogP contribution in [0.4, 0.5) is 0 Å². The van der Waals surface area contributed by atoms with Crippen molar-refractivity contribution in [3.05, 3.63) is 108 Å². The molecule has 0 bridgehead atoms. The Kier molecular flexibility index (Phi) is 13.2. The monoisotopic (exact) mass is 776 g/mol. The lowest BCUT2D eigenvalue weighted by Gasteiger charge is -2.16. The van der Waals surface area contributed by atoms with Crippen molar-refractivity contribution in [1.82, 2.24) is 0 Å². The number of benzene rings is 5. The first-order chi connectivity index (χ1) is 27.0. The van der Waals surface area contributed by atoms with Gasteiger partial charge >= 0.3 is 23.9 Å². The number of carbonyl (C=O) groups excluding carboxylic acids is 6. The van der Waals surface area contributed by atoms with Crippen LogP contribution in [-0.2, 0) is 23.9 Å². The van der Waals surface area contributed by atoms with E-state index in [4.69, 9.17) is 23.7 Å². The molecule has 0 aliphatic rings. The molecule has 0 saturated heterocycles. The van der Waals surface area contributed by atoms with Gasteiger partial charge in [0.1, 0.15) is 41.8 Å². The van der Waals surface area contributed by atoms with Gasteiger partial charge in [-0.15, -0.1) is 0 Å². The van der Waals surface area contributed by atoms with E-state index in [2.05, 4.69) is 0 Å². The molecule has 0 fully saturated rings. The summed E-state index contributed by atoms with van der Waals surface area (Å²) in [4.78, 5) is 75.8. The number of esters is 4. The minimum absolute atomic E-state index is 0.0153. The topological polar surface area (TPSA) is 169 Å². The molecule has 0 atom stereocenters. The van der Waals surface area contributed by atoms with E-state index >= 15 is 0 Å². The number of ether oxygens (including phenoxy) is 5. The number of hydrogen-bond donors (Lipinski definition) is 1. The fourth-order valence-corrected chi connectivity index (χ4v) is 5.74. The number of aliphatic hydroxyl groups is 1. The zero-order valence-corrected chi connectivity index (χ0v) is 32.4. The Hall–Kier alpha value is -6.40. The highest BCUT2D eigenvalue weighted by atomic mass is 16.6. The molecular formula is C45H44O12. The van der Waals surface area contributed by atoms with Gasteiger partial charge in [0.2, 0.25) is 0 Å². The van der Waals surface area contributed by atoms with E-state index in [0.29, 0.717) is 32.9 Å². The van der Waals surface area contributed by atoms with Crippen molar-refractivity contribution >= 4 is 57.0 Å². The third kappa shape index (κ3) is 11.1. The van der Waals surface area contributed by atoms with Crippen molar-refractivity contribution in [3.8, 4) is 23.0 Å². The van der Waals surface area contributed by atoms with Crippen LogP contribution >= 0.6 is 0 Å². The molecule has 0 radical (unpaired) electrons. The largest absolute Gasteiger partial charge is 0.490 e. The van der Waals surface area contributed by atoms with Crippen molar-refractivity contribution in [2.24, 2.45) is 5.41 Å². The van der Waals surface area contributed by atoms with Gasteiger partial charge in [-0.1, -0.05) is 69.3 Å². The number of Topliss-reactive ketones (excluding diaryl/α,β-unsaturated/α-hetero) is 2. The minimum Gasteiger partial charge on any atom is -0.490 e. The second-order valence-electron chi connectivity index (χ2n) is 14.8. The molecule has 296 valence electrons. The van der Waals surface area contributed by atoms with Crippen LogP contribution in [0.3, 0.4) is 0 Å².